The Labute approximate surface area is 142 Å². The Bertz CT molecular complexity index is 660. The molecule has 4 nitrogen and oxygen atoms in total. The second-order valence-electron chi connectivity index (χ2n) is 5.97. The number of hydrogen-bond acceptors (Lipinski definition) is 3. The van der Waals surface area contributed by atoms with Crippen LogP contribution < -0.4 is 0 Å². The Morgan fingerprint density at radius 3 is 2.04 bits per heavy atom. The Balaban J connectivity index is 1.97. The van der Waals surface area contributed by atoms with E-state index in [0.29, 0.717) is 13.0 Å². The SMILES string of the molecule is COC(=O)C1CCCN1C(=O)C(c1ccccc1)c1ccccc1. The summed E-state index contributed by atoms with van der Waals surface area (Å²) < 4.78 is 4.87. The van der Waals surface area contributed by atoms with Crippen molar-refractivity contribution in [2.45, 2.75) is 24.8 Å². The molecule has 1 unspecified atom stereocenters. The summed E-state index contributed by atoms with van der Waals surface area (Å²) in [5.74, 6) is -0.779. The van der Waals surface area contributed by atoms with Crippen molar-refractivity contribution < 1.29 is 14.3 Å². The average Bonchev–Trinajstić information content (AvgIpc) is 3.13. The molecule has 2 aromatic rings. The predicted octanol–water partition coefficient (Wildman–Crippen LogP) is 2.98. The quantitative estimate of drug-likeness (QED) is 0.813. The number of methoxy groups -OCH3 is 1. The Hall–Kier alpha value is -2.62. The average molecular weight is 323 g/mol. The van der Waals surface area contributed by atoms with Gasteiger partial charge in [-0.1, -0.05) is 60.7 Å². The molecule has 0 bridgehead atoms. The van der Waals surface area contributed by atoms with Crippen LogP contribution in [0.3, 0.4) is 0 Å². The number of carbonyl (C=O) groups is 2. The van der Waals surface area contributed by atoms with Gasteiger partial charge in [-0.15, -0.1) is 0 Å². The number of esters is 1. The van der Waals surface area contributed by atoms with Gasteiger partial charge in [-0.2, -0.15) is 0 Å². The van der Waals surface area contributed by atoms with Gasteiger partial charge in [0.25, 0.3) is 0 Å². The molecular weight excluding hydrogens is 302 g/mol. The molecule has 1 saturated heterocycles. The molecule has 1 aliphatic rings. The third kappa shape index (κ3) is 3.18. The zero-order valence-electron chi connectivity index (χ0n) is 13.7. The highest BCUT2D eigenvalue weighted by molar-refractivity contribution is 5.91. The molecule has 1 fully saturated rings. The molecule has 1 atom stereocenters. The molecular formula is C20H21NO3. The first-order valence-electron chi connectivity index (χ1n) is 8.20. The molecule has 0 saturated carbocycles. The van der Waals surface area contributed by atoms with Crippen molar-refractivity contribution in [2.24, 2.45) is 0 Å². The van der Waals surface area contributed by atoms with E-state index in [9.17, 15) is 9.59 Å². The number of hydrogen-bond donors (Lipinski definition) is 0. The van der Waals surface area contributed by atoms with Crippen LogP contribution in [0, 0.1) is 0 Å². The number of nitrogens with zero attached hydrogens (tertiary/aromatic N) is 1. The van der Waals surface area contributed by atoms with Crippen molar-refractivity contribution in [1.82, 2.24) is 4.90 Å². The first kappa shape index (κ1) is 16.2. The summed E-state index contributed by atoms with van der Waals surface area (Å²) in [4.78, 5) is 27.0. The van der Waals surface area contributed by atoms with Gasteiger partial charge in [0, 0.05) is 6.54 Å². The van der Waals surface area contributed by atoms with E-state index in [1.165, 1.54) is 7.11 Å². The molecule has 0 spiro atoms. The van der Waals surface area contributed by atoms with Crippen LogP contribution in [0.15, 0.2) is 60.7 Å². The van der Waals surface area contributed by atoms with E-state index in [1.54, 1.807) is 4.90 Å². The fraction of sp³-hybridized carbons (Fsp3) is 0.300. The summed E-state index contributed by atoms with van der Waals surface area (Å²) in [5, 5.41) is 0. The van der Waals surface area contributed by atoms with Gasteiger partial charge in [-0.25, -0.2) is 4.79 Å². The Morgan fingerprint density at radius 2 is 1.54 bits per heavy atom. The topological polar surface area (TPSA) is 46.6 Å². The molecule has 3 rings (SSSR count). The van der Waals surface area contributed by atoms with Crippen LogP contribution in [-0.4, -0.2) is 36.5 Å². The number of amides is 1. The van der Waals surface area contributed by atoms with E-state index in [0.717, 1.165) is 17.5 Å². The van der Waals surface area contributed by atoms with Gasteiger partial charge < -0.3 is 9.64 Å². The smallest absolute Gasteiger partial charge is 0.328 e. The van der Waals surface area contributed by atoms with Gasteiger partial charge in [-0.05, 0) is 24.0 Å². The number of rotatable bonds is 4. The van der Waals surface area contributed by atoms with Gasteiger partial charge in [0.05, 0.1) is 13.0 Å². The third-order valence-corrected chi connectivity index (χ3v) is 4.52. The lowest BCUT2D eigenvalue weighted by Crippen LogP contribution is -2.43. The normalized spacial score (nSPS) is 17.1. The van der Waals surface area contributed by atoms with Crippen LogP contribution in [0.5, 0.6) is 0 Å². The lowest BCUT2D eigenvalue weighted by molar-refractivity contribution is -0.151. The maximum atomic E-state index is 13.3. The molecule has 2 aromatic carbocycles. The fourth-order valence-electron chi connectivity index (χ4n) is 3.35. The zero-order chi connectivity index (χ0) is 16.9. The molecule has 124 valence electrons. The zero-order valence-corrected chi connectivity index (χ0v) is 13.7. The van der Waals surface area contributed by atoms with Crippen molar-refractivity contribution in [3.63, 3.8) is 0 Å². The molecule has 1 amide bonds. The van der Waals surface area contributed by atoms with Gasteiger partial charge in [-0.3, -0.25) is 4.79 Å². The second kappa shape index (κ2) is 7.30. The second-order valence-corrected chi connectivity index (χ2v) is 5.97. The van der Waals surface area contributed by atoms with Crippen molar-refractivity contribution in [2.75, 3.05) is 13.7 Å². The summed E-state index contributed by atoms with van der Waals surface area (Å²) in [7, 11) is 1.37. The minimum Gasteiger partial charge on any atom is -0.467 e. The van der Waals surface area contributed by atoms with E-state index < -0.39 is 12.0 Å². The van der Waals surface area contributed by atoms with Crippen LogP contribution in [-0.2, 0) is 14.3 Å². The van der Waals surface area contributed by atoms with Crippen molar-refractivity contribution in [1.29, 1.82) is 0 Å². The summed E-state index contributed by atoms with van der Waals surface area (Å²) >= 11 is 0. The maximum Gasteiger partial charge on any atom is 0.328 e. The molecule has 0 aliphatic carbocycles. The maximum absolute atomic E-state index is 13.3. The van der Waals surface area contributed by atoms with Gasteiger partial charge in [0.1, 0.15) is 6.04 Å². The summed E-state index contributed by atoms with van der Waals surface area (Å²) in [6, 6.07) is 18.9. The van der Waals surface area contributed by atoms with Crippen LogP contribution >= 0.6 is 0 Å². The number of benzene rings is 2. The molecule has 1 aliphatic heterocycles. The lowest BCUT2D eigenvalue weighted by atomic mass is 9.90. The summed E-state index contributed by atoms with van der Waals surface area (Å²) in [5.41, 5.74) is 1.87. The largest absolute Gasteiger partial charge is 0.467 e. The monoisotopic (exact) mass is 323 g/mol. The summed E-state index contributed by atoms with van der Waals surface area (Å²) in [6.07, 6.45) is 1.48. The highest BCUT2D eigenvalue weighted by Gasteiger charge is 2.38. The van der Waals surface area contributed by atoms with Crippen molar-refractivity contribution in [3.05, 3.63) is 71.8 Å². The highest BCUT2D eigenvalue weighted by atomic mass is 16.5. The van der Waals surface area contributed by atoms with Crippen LogP contribution in [0.1, 0.15) is 29.9 Å². The van der Waals surface area contributed by atoms with E-state index >= 15 is 0 Å². The van der Waals surface area contributed by atoms with E-state index in [4.69, 9.17) is 4.74 Å². The first-order chi connectivity index (χ1) is 11.7. The van der Waals surface area contributed by atoms with Crippen LogP contribution in [0.25, 0.3) is 0 Å². The molecule has 1 heterocycles. The number of carbonyl (C=O) groups excluding carboxylic acids is 2. The Morgan fingerprint density at radius 1 is 1.00 bits per heavy atom. The minimum atomic E-state index is -0.475. The first-order valence-corrected chi connectivity index (χ1v) is 8.20. The van der Waals surface area contributed by atoms with Gasteiger partial charge in [0.15, 0.2) is 0 Å². The van der Waals surface area contributed by atoms with Gasteiger partial charge >= 0.3 is 5.97 Å². The Kier molecular flexibility index (Phi) is 4.94. The molecule has 0 N–H and O–H groups in total. The minimum absolute atomic E-state index is 0.0414. The van der Waals surface area contributed by atoms with Crippen molar-refractivity contribution in [3.8, 4) is 0 Å². The van der Waals surface area contributed by atoms with E-state index in [-0.39, 0.29) is 11.9 Å². The van der Waals surface area contributed by atoms with Crippen LogP contribution in [0.4, 0.5) is 0 Å². The standard InChI is InChI=1S/C20H21NO3/c1-24-20(23)17-13-8-14-21(17)19(22)18(15-9-4-2-5-10-15)16-11-6-3-7-12-16/h2-7,9-12,17-18H,8,13-14H2,1H3. The van der Waals surface area contributed by atoms with Crippen molar-refractivity contribution >= 4 is 11.9 Å². The predicted molar refractivity (Wildman–Crippen MR) is 91.5 cm³/mol. The van der Waals surface area contributed by atoms with Gasteiger partial charge in [0.2, 0.25) is 5.91 Å². The molecule has 24 heavy (non-hydrogen) atoms. The third-order valence-electron chi connectivity index (χ3n) is 4.52. The lowest BCUT2D eigenvalue weighted by Gasteiger charge is -2.28. The molecule has 0 aromatic heterocycles. The van der Waals surface area contributed by atoms with E-state index in [2.05, 4.69) is 0 Å². The fourth-order valence-corrected chi connectivity index (χ4v) is 3.35. The number of likely N-dealkylation sites (tertiary alicyclic amines) is 1. The molecule has 0 radical (unpaired) electrons. The number of ether oxygens (including phenoxy) is 1. The van der Waals surface area contributed by atoms with Crippen LogP contribution in [0.2, 0.25) is 0 Å². The van der Waals surface area contributed by atoms with E-state index in [1.807, 2.05) is 60.7 Å². The highest BCUT2D eigenvalue weighted by Crippen LogP contribution is 2.30. The molecule has 4 heteroatoms. The summed E-state index contributed by atoms with van der Waals surface area (Å²) in [6.45, 7) is 0.592.